The molecule has 0 radical (unpaired) electrons. The first kappa shape index (κ1) is 18.9. The molecule has 1 atom stereocenters. The number of fused-ring (bicyclic) bond motifs is 1. The standard InChI is InChI=1S/C20H25N5O2S/c1-13-5-3-4-8-24(13)11-15-6-7-17(19(27)22-15)18(26)21-9-16-12-25-10-14(2)28-20(25)23-16/h6-7,10,12-13H,3-5,8-9,11H2,1-2H3,(H,21,26)(H,22,27). The van der Waals surface area contributed by atoms with E-state index >= 15 is 0 Å². The second kappa shape index (κ2) is 7.89. The fraction of sp³-hybridized carbons (Fsp3) is 0.450. The zero-order chi connectivity index (χ0) is 19.7. The smallest absolute Gasteiger partial charge is 0.261 e. The predicted molar refractivity (Wildman–Crippen MR) is 110 cm³/mol. The number of nitrogens with zero attached hydrogens (tertiary/aromatic N) is 3. The molecule has 28 heavy (non-hydrogen) atoms. The van der Waals surface area contributed by atoms with Crippen molar-refractivity contribution in [2.45, 2.75) is 52.2 Å². The van der Waals surface area contributed by atoms with Crippen molar-refractivity contribution >= 4 is 22.2 Å². The third-order valence-corrected chi connectivity index (χ3v) is 6.19. The lowest BCUT2D eigenvalue weighted by Crippen LogP contribution is -2.37. The van der Waals surface area contributed by atoms with Gasteiger partial charge >= 0.3 is 0 Å². The summed E-state index contributed by atoms with van der Waals surface area (Å²) in [5.74, 6) is -0.383. The van der Waals surface area contributed by atoms with Gasteiger partial charge in [-0.15, -0.1) is 11.3 Å². The molecule has 3 aromatic heterocycles. The number of aromatic nitrogens is 3. The Labute approximate surface area is 167 Å². The van der Waals surface area contributed by atoms with E-state index in [1.807, 2.05) is 29.8 Å². The molecule has 148 valence electrons. The molecule has 3 aromatic rings. The van der Waals surface area contributed by atoms with Gasteiger partial charge in [-0.1, -0.05) is 6.42 Å². The van der Waals surface area contributed by atoms with Crippen LogP contribution in [0.4, 0.5) is 0 Å². The van der Waals surface area contributed by atoms with Crippen LogP contribution in [0.2, 0.25) is 0 Å². The number of thiazole rings is 1. The molecule has 1 saturated heterocycles. The van der Waals surface area contributed by atoms with Gasteiger partial charge in [0.15, 0.2) is 4.96 Å². The van der Waals surface area contributed by atoms with E-state index in [4.69, 9.17) is 0 Å². The first-order valence-corrected chi connectivity index (χ1v) is 10.5. The van der Waals surface area contributed by atoms with Crippen LogP contribution in [-0.4, -0.2) is 37.8 Å². The number of hydrogen-bond acceptors (Lipinski definition) is 5. The van der Waals surface area contributed by atoms with Gasteiger partial charge in [0.25, 0.3) is 11.5 Å². The molecule has 1 aliphatic heterocycles. The number of aromatic amines is 1. The summed E-state index contributed by atoms with van der Waals surface area (Å²) in [5.41, 5.74) is 1.40. The van der Waals surface area contributed by atoms with Crippen molar-refractivity contribution in [1.82, 2.24) is 24.6 Å². The van der Waals surface area contributed by atoms with Gasteiger partial charge < -0.3 is 10.3 Å². The maximum atomic E-state index is 12.4. The highest BCUT2D eigenvalue weighted by Crippen LogP contribution is 2.18. The zero-order valence-corrected chi connectivity index (χ0v) is 17.0. The summed E-state index contributed by atoms with van der Waals surface area (Å²) in [5, 5.41) is 2.79. The van der Waals surface area contributed by atoms with Crippen molar-refractivity contribution in [3.05, 3.63) is 56.7 Å². The molecular formula is C20H25N5O2S. The number of H-pyrrole nitrogens is 1. The van der Waals surface area contributed by atoms with Gasteiger partial charge in [0.1, 0.15) is 5.56 Å². The van der Waals surface area contributed by atoms with E-state index in [9.17, 15) is 9.59 Å². The Morgan fingerprint density at radius 2 is 2.21 bits per heavy atom. The quantitative estimate of drug-likeness (QED) is 0.691. The van der Waals surface area contributed by atoms with E-state index in [2.05, 4.69) is 27.1 Å². The Morgan fingerprint density at radius 1 is 1.36 bits per heavy atom. The number of rotatable bonds is 5. The number of hydrogen-bond donors (Lipinski definition) is 2. The molecule has 8 heteroatoms. The number of nitrogens with one attached hydrogen (secondary N) is 2. The van der Waals surface area contributed by atoms with Crippen molar-refractivity contribution in [1.29, 1.82) is 0 Å². The normalized spacial score (nSPS) is 17.9. The first-order chi connectivity index (χ1) is 13.5. The Balaban J connectivity index is 1.39. The molecule has 2 N–H and O–H groups in total. The molecule has 0 bridgehead atoms. The van der Waals surface area contributed by atoms with E-state index in [0.717, 1.165) is 22.9 Å². The molecule has 0 spiro atoms. The number of aryl methyl sites for hydroxylation is 1. The second-order valence-electron chi connectivity index (χ2n) is 7.49. The van der Waals surface area contributed by atoms with E-state index < -0.39 is 0 Å². The third-order valence-electron chi connectivity index (χ3n) is 5.28. The number of imidazole rings is 1. The van der Waals surface area contributed by atoms with Gasteiger partial charge in [-0.05, 0) is 45.4 Å². The average molecular weight is 400 g/mol. The number of amides is 1. The number of carbonyl (C=O) groups excluding carboxylic acids is 1. The molecule has 1 fully saturated rings. The number of carbonyl (C=O) groups is 1. The van der Waals surface area contributed by atoms with Gasteiger partial charge in [0.05, 0.1) is 12.2 Å². The van der Waals surface area contributed by atoms with Crippen molar-refractivity contribution < 1.29 is 4.79 Å². The minimum absolute atomic E-state index is 0.132. The molecule has 1 unspecified atom stereocenters. The maximum Gasteiger partial charge on any atom is 0.261 e. The predicted octanol–water partition coefficient (Wildman–Crippen LogP) is 2.70. The van der Waals surface area contributed by atoms with Crippen molar-refractivity contribution in [2.75, 3.05) is 6.54 Å². The van der Waals surface area contributed by atoms with Crippen LogP contribution >= 0.6 is 11.3 Å². The van der Waals surface area contributed by atoms with Crippen LogP contribution in [-0.2, 0) is 13.1 Å². The summed E-state index contributed by atoms with van der Waals surface area (Å²) in [6, 6.07) is 3.98. The largest absolute Gasteiger partial charge is 0.346 e. The minimum atomic E-state index is -0.383. The van der Waals surface area contributed by atoms with Crippen LogP contribution in [0.5, 0.6) is 0 Å². The highest BCUT2D eigenvalue weighted by atomic mass is 32.1. The van der Waals surface area contributed by atoms with Crippen LogP contribution in [0.3, 0.4) is 0 Å². The lowest BCUT2D eigenvalue weighted by Gasteiger charge is -2.33. The number of pyridine rings is 1. The molecule has 0 aromatic carbocycles. The van der Waals surface area contributed by atoms with Crippen LogP contribution < -0.4 is 10.9 Å². The Morgan fingerprint density at radius 3 is 2.96 bits per heavy atom. The van der Waals surface area contributed by atoms with E-state index in [-0.39, 0.29) is 17.0 Å². The summed E-state index contributed by atoms with van der Waals surface area (Å²) in [6.07, 6.45) is 7.55. The minimum Gasteiger partial charge on any atom is -0.346 e. The summed E-state index contributed by atoms with van der Waals surface area (Å²) < 4.78 is 1.95. The molecule has 0 aliphatic carbocycles. The van der Waals surface area contributed by atoms with Crippen molar-refractivity contribution in [3.63, 3.8) is 0 Å². The van der Waals surface area contributed by atoms with Crippen LogP contribution in [0, 0.1) is 6.92 Å². The Hall–Kier alpha value is -2.45. The fourth-order valence-electron chi connectivity index (χ4n) is 3.71. The van der Waals surface area contributed by atoms with Gasteiger partial charge in [0.2, 0.25) is 0 Å². The van der Waals surface area contributed by atoms with Crippen LogP contribution in [0.25, 0.3) is 4.96 Å². The molecule has 4 heterocycles. The first-order valence-electron chi connectivity index (χ1n) is 9.68. The van der Waals surface area contributed by atoms with Gasteiger partial charge in [0, 0.05) is 35.6 Å². The van der Waals surface area contributed by atoms with Crippen LogP contribution in [0.15, 0.2) is 29.3 Å². The van der Waals surface area contributed by atoms with E-state index in [1.54, 1.807) is 17.4 Å². The Kier molecular flexibility index (Phi) is 5.32. The lowest BCUT2D eigenvalue weighted by atomic mass is 10.0. The van der Waals surface area contributed by atoms with E-state index in [1.165, 1.54) is 24.1 Å². The second-order valence-corrected chi connectivity index (χ2v) is 8.70. The number of likely N-dealkylation sites (tertiary alicyclic amines) is 1. The monoisotopic (exact) mass is 399 g/mol. The van der Waals surface area contributed by atoms with Gasteiger partial charge in [-0.3, -0.25) is 18.9 Å². The summed E-state index contributed by atoms with van der Waals surface area (Å²) >= 11 is 1.60. The maximum absolute atomic E-state index is 12.4. The summed E-state index contributed by atoms with van der Waals surface area (Å²) in [6.45, 7) is 6.30. The SMILES string of the molecule is Cc1cn2cc(CNC(=O)c3ccc(CN4CCCCC4C)[nH]c3=O)nc2s1. The molecule has 7 nitrogen and oxygen atoms in total. The van der Waals surface area contributed by atoms with Crippen molar-refractivity contribution in [3.8, 4) is 0 Å². The fourth-order valence-corrected chi connectivity index (χ4v) is 4.54. The van der Waals surface area contributed by atoms with Gasteiger partial charge in [-0.2, -0.15) is 0 Å². The van der Waals surface area contributed by atoms with Crippen LogP contribution in [0.1, 0.15) is 52.8 Å². The highest BCUT2D eigenvalue weighted by Gasteiger charge is 2.19. The van der Waals surface area contributed by atoms with E-state index in [0.29, 0.717) is 19.1 Å². The highest BCUT2D eigenvalue weighted by molar-refractivity contribution is 7.16. The number of piperidine rings is 1. The topological polar surface area (TPSA) is 82.5 Å². The zero-order valence-electron chi connectivity index (χ0n) is 16.2. The molecular weight excluding hydrogens is 374 g/mol. The lowest BCUT2D eigenvalue weighted by molar-refractivity contribution is 0.0948. The third kappa shape index (κ3) is 4.02. The molecule has 1 amide bonds. The average Bonchev–Trinajstić information content (AvgIpc) is 3.18. The summed E-state index contributed by atoms with van der Waals surface area (Å²) in [7, 11) is 0. The molecule has 4 rings (SSSR count). The van der Waals surface area contributed by atoms with Crippen molar-refractivity contribution in [2.24, 2.45) is 0 Å². The summed E-state index contributed by atoms with van der Waals surface area (Å²) in [4.78, 5) is 36.6. The molecule has 1 aliphatic rings. The molecule has 0 saturated carbocycles. The van der Waals surface area contributed by atoms with Gasteiger partial charge in [-0.25, -0.2) is 4.98 Å². The Bertz CT molecular complexity index is 1020.